The smallest absolute Gasteiger partial charge is 0.398 e. The minimum Gasteiger partial charge on any atom is -0.398 e. The molecule has 100 valence electrons. The zero-order valence-electron chi connectivity index (χ0n) is 9.28. The Bertz CT molecular complexity index is 587. The standard InChI is InChI=1S/C11H7ClF3N3S/c12-8-4-18-9(5-17-8)19-7-3-1-2-6(16)10(7)11(13,14)15/h1-5H,16H2. The number of alkyl halides is 3. The minimum absolute atomic E-state index is 0.0240. The van der Waals surface area contributed by atoms with E-state index in [0.29, 0.717) is 5.03 Å². The highest BCUT2D eigenvalue weighted by Gasteiger charge is 2.36. The summed E-state index contributed by atoms with van der Waals surface area (Å²) in [7, 11) is 0. The summed E-state index contributed by atoms with van der Waals surface area (Å²) in [5, 5.41) is 0.480. The maximum Gasteiger partial charge on any atom is 0.419 e. The van der Waals surface area contributed by atoms with Crippen LogP contribution < -0.4 is 5.73 Å². The summed E-state index contributed by atoms with van der Waals surface area (Å²) >= 11 is 6.39. The van der Waals surface area contributed by atoms with Crippen LogP contribution in [0.25, 0.3) is 0 Å². The first kappa shape index (κ1) is 14.0. The molecule has 2 rings (SSSR count). The molecule has 0 unspecified atom stereocenters. The molecular weight excluding hydrogens is 299 g/mol. The highest BCUT2D eigenvalue weighted by molar-refractivity contribution is 7.99. The lowest BCUT2D eigenvalue weighted by atomic mass is 10.2. The van der Waals surface area contributed by atoms with Crippen LogP contribution in [0.4, 0.5) is 18.9 Å². The summed E-state index contributed by atoms with van der Waals surface area (Å²) in [5.41, 5.74) is 4.21. The van der Waals surface area contributed by atoms with Crippen LogP contribution in [0.1, 0.15) is 5.56 Å². The van der Waals surface area contributed by atoms with E-state index >= 15 is 0 Å². The van der Waals surface area contributed by atoms with Gasteiger partial charge >= 0.3 is 6.18 Å². The van der Waals surface area contributed by atoms with Gasteiger partial charge in [-0.15, -0.1) is 0 Å². The van der Waals surface area contributed by atoms with Crippen molar-refractivity contribution in [3.05, 3.63) is 41.3 Å². The summed E-state index contributed by atoms with van der Waals surface area (Å²) < 4.78 is 38.8. The van der Waals surface area contributed by atoms with Crippen LogP contribution in [-0.4, -0.2) is 9.97 Å². The van der Waals surface area contributed by atoms with Gasteiger partial charge in [-0.2, -0.15) is 13.2 Å². The van der Waals surface area contributed by atoms with E-state index in [0.717, 1.165) is 11.8 Å². The third-order valence-electron chi connectivity index (χ3n) is 2.15. The van der Waals surface area contributed by atoms with Gasteiger partial charge in [0.2, 0.25) is 0 Å². The molecule has 2 N–H and O–H groups in total. The van der Waals surface area contributed by atoms with E-state index in [9.17, 15) is 13.2 Å². The lowest BCUT2D eigenvalue weighted by Gasteiger charge is -2.14. The Morgan fingerprint density at radius 3 is 2.47 bits per heavy atom. The fourth-order valence-corrected chi connectivity index (χ4v) is 2.42. The number of benzene rings is 1. The van der Waals surface area contributed by atoms with E-state index in [1.54, 1.807) is 0 Å². The number of hydrogen-bond donors (Lipinski definition) is 1. The summed E-state index contributed by atoms with van der Waals surface area (Å²) in [6.07, 6.45) is -1.95. The molecule has 0 saturated heterocycles. The molecule has 0 aliphatic carbocycles. The molecule has 1 aromatic heterocycles. The maximum atomic E-state index is 12.9. The third kappa shape index (κ3) is 3.30. The second-order valence-corrected chi connectivity index (χ2v) is 4.95. The Morgan fingerprint density at radius 1 is 1.16 bits per heavy atom. The van der Waals surface area contributed by atoms with Crippen LogP contribution in [0.15, 0.2) is 40.5 Å². The van der Waals surface area contributed by atoms with Crippen LogP contribution in [0.3, 0.4) is 0 Å². The van der Waals surface area contributed by atoms with E-state index in [1.165, 1.54) is 30.6 Å². The first-order chi connectivity index (χ1) is 8.88. The number of hydrogen-bond acceptors (Lipinski definition) is 4. The minimum atomic E-state index is -4.52. The van der Waals surface area contributed by atoms with Gasteiger partial charge in [0.05, 0.1) is 18.0 Å². The van der Waals surface area contributed by atoms with Crippen LogP contribution in [0.5, 0.6) is 0 Å². The van der Waals surface area contributed by atoms with E-state index in [1.807, 2.05) is 0 Å². The van der Waals surface area contributed by atoms with E-state index in [-0.39, 0.29) is 15.7 Å². The predicted molar refractivity (Wildman–Crippen MR) is 67.0 cm³/mol. The molecule has 0 radical (unpaired) electrons. The maximum absolute atomic E-state index is 12.9. The number of anilines is 1. The monoisotopic (exact) mass is 305 g/mol. The molecule has 0 atom stereocenters. The third-order valence-corrected chi connectivity index (χ3v) is 3.33. The molecular formula is C11H7ClF3N3S. The van der Waals surface area contributed by atoms with Crippen molar-refractivity contribution in [3.63, 3.8) is 0 Å². The average Bonchev–Trinajstić information content (AvgIpc) is 2.30. The molecule has 0 fully saturated rings. The van der Waals surface area contributed by atoms with Crippen molar-refractivity contribution in [2.75, 3.05) is 5.73 Å². The van der Waals surface area contributed by atoms with Crippen molar-refractivity contribution in [2.24, 2.45) is 0 Å². The average molecular weight is 306 g/mol. The normalized spacial score (nSPS) is 11.6. The molecule has 8 heteroatoms. The van der Waals surface area contributed by atoms with Gasteiger partial charge in [0.1, 0.15) is 10.2 Å². The SMILES string of the molecule is Nc1cccc(Sc2cnc(Cl)cn2)c1C(F)(F)F. The van der Waals surface area contributed by atoms with Gasteiger partial charge < -0.3 is 5.73 Å². The molecule has 0 saturated carbocycles. The molecule has 0 aliphatic heterocycles. The zero-order valence-corrected chi connectivity index (χ0v) is 10.9. The first-order valence-electron chi connectivity index (χ1n) is 4.99. The van der Waals surface area contributed by atoms with Crippen molar-refractivity contribution in [2.45, 2.75) is 16.1 Å². The van der Waals surface area contributed by atoms with E-state index in [4.69, 9.17) is 17.3 Å². The molecule has 3 nitrogen and oxygen atoms in total. The second kappa shape index (κ2) is 5.26. The molecule has 0 aliphatic rings. The second-order valence-electron chi connectivity index (χ2n) is 3.50. The fourth-order valence-electron chi connectivity index (χ4n) is 1.40. The zero-order chi connectivity index (χ0) is 14.0. The Labute approximate surface area is 116 Å². The van der Waals surface area contributed by atoms with E-state index < -0.39 is 11.7 Å². The van der Waals surface area contributed by atoms with Gasteiger partial charge in [0, 0.05) is 10.6 Å². The lowest BCUT2D eigenvalue weighted by Crippen LogP contribution is -2.10. The Kier molecular flexibility index (Phi) is 3.86. The molecule has 0 amide bonds. The van der Waals surface area contributed by atoms with Crippen molar-refractivity contribution >= 4 is 29.1 Å². The highest BCUT2D eigenvalue weighted by atomic mass is 35.5. The lowest BCUT2D eigenvalue weighted by molar-refractivity contribution is -0.139. The van der Waals surface area contributed by atoms with Gasteiger partial charge in [-0.25, -0.2) is 9.97 Å². The Morgan fingerprint density at radius 2 is 1.89 bits per heavy atom. The quantitative estimate of drug-likeness (QED) is 0.855. The van der Waals surface area contributed by atoms with Crippen molar-refractivity contribution in [3.8, 4) is 0 Å². The van der Waals surface area contributed by atoms with Gasteiger partial charge in [-0.05, 0) is 12.1 Å². The summed E-state index contributed by atoms with van der Waals surface area (Å²) in [6, 6.07) is 4.00. The topological polar surface area (TPSA) is 51.8 Å². The molecule has 0 spiro atoms. The molecule has 1 heterocycles. The number of halogens is 4. The van der Waals surface area contributed by atoms with Crippen LogP contribution >= 0.6 is 23.4 Å². The number of nitrogens with two attached hydrogens (primary N) is 1. The number of nitrogen functional groups attached to an aromatic ring is 1. The van der Waals surface area contributed by atoms with Gasteiger partial charge in [-0.1, -0.05) is 29.4 Å². The van der Waals surface area contributed by atoms with Crippen LogP contribution in [-0.2, 0) is 6.18 Å². The highest BCUT2D eigenvalue weighted by Crippen LogP contribution is 2.41. The summed E-state index contributed by atoms with van der Waals surface area (Å²) in [4.78, 5) is 7.62. The first-order valence-corrected chi connectivity index (χ1v) is 6.18. The number of aromatic nitrogens is 2. The largest absolute Gasteiger partial charge is 0.419 e. The van der Waals surface area contributed by atoms with Crippen molar-refractivity contribution in [1.82, 2.24) is 9.97 Å². The van der Waals surface area contributed by atoms with Gasteiger partial charge in [0.25, 0.3) is 0 Å². The number of rotatable bonds is 2. The predicted octanol–water partition coefficient (Wildman–Crippen LogP) is 3.88. The summed E-state index contributed by atoms with van der Waals surface area (Å²) in [6.45, 7) is 0. The van der Waals surface area contributed by atoms with Crippen LogP contribution in [0, 0.1) is 0 Å². The molecule has 19 heavy (non-hydrogen) atoms. The molecule has 2 aromatic rings. The molecule has 0 bridgehead atoms. The molecule has 1 aromatic carbocycles. The van der Waals surface area contributed by atoms with Gasteiger partial charge in [0.15, 0.2) is 0 Å². The van der Waals surface area contributed by atoms with Crippen molar-refractivity contribution < 1.29 is 13.2 Å². The summed E-state index contributed by atoms with van der Waals surface area (Å²) in [5.74, 6) is 0. The van der Waals surface area contributed by atoms with E-state index in [2.05, 4.69) is 9.97 Å². The van der Waals surface area contributed by atoms with Crippen LogP contribution in [0.2, 0.25) is 5.15 Å². The van der Waals surface area contributed by atoms with Gasteiger partial charge in [-0.3, -0.25) is 0 Å². The van der Waals surface area contributed by atoms with Crippen molar-refractivity contribution in [1.29, 1.82) is 0 Å². The Hall–Kier alpha value is -1.47. The Balaban J connectivity index is 2.40. The number of nitrogens with zero attached hydrogens (tertiary/aromatic N) is 2. The fraction of sp³-hybridized carbons (Fsp3) is 0.0909.